The summed E-state index contributed by atoms with van der Waals surface area (Å²) < 4.78 is 5.65. The van der Waals surface area contributed by atoms with Gasteiger partial charge >= 0.3 is 0 Å². The molecule has 2 aromatic rings. The number of nitriles is 1. The van der Waals surface area contributed by atoms with E-state index in [9.17, 15) is 4.79 Å². The predicted octanol–water partition coefficient (Wildman–Crippen LogP) is 2.13. The van der Waals surface area contributed by atoms with Crippen LogP contribution < -0.4 is 4.74 Å². The smallest absolute Gasteiger partial charge is 0.261 e. The van der Waals surface area contributed by atoms with Crippen molar-refractivity contribution in [1.82, 2.24) is 9.88 Å². The minimum Gasteiger partial charge on any atom is -0.483 e. The number of likely N-dealkylation sites (tertiary alicyclic amines) is 1. The van der Waals surface area contributed by atoms with Gasteiger partial charge in [-0.1, -0.05) is 12.1 Å². The fraction of sp³-hybridized carbons (Fsp3) is 0.312. The standard InChI is InChI=1S/C16H15N3O2/c17-10-12-4-3-9-19(12)16(20)11-21-15-7-8-18-14-6-2-1-5-13(14)15/h1-2,5-8,12H,3-4,9,11H2/t12-/m0/s1. The molecule has 3 rings (SSSR count). The van der Waals surface area contributed by atoms with E-state index in [0.29, 0.717) is 12.3 Å². The lowest BCUT2D eigenvalue weighted by molar-refractivity contribution is -0.133. The van der Waals surface area contributed by atoms with Crippen LogP contribution in [0.5, 0.6) is 5.75 Å². The van der Waals surface area contributed by atoms with Gasteiger partial charge in [-0.15, -0.1) is 0 Å². The third kappa shape index (κ3) is 2.65. The third-order valence-corrected chi connectivity index (χ3v) is 3.68. The topological polar surface area (TPSA) is 66.2 Å². The summed E-state index contributed by atoms with van der Waals surface area (Å²) in [5, 5.41) is 9.90. The number of benzene rings is 1. The van der Waals surface area contributed by atoms with Gasteiger partial charge in [0.1, 0.15) is 11.8 Å². The van der Waals surface area contributed by atoms with Gasteiger partial charge in [0.05, 0.1) is 11.6 Å². The molecule has 0 spiro atoms. The fourth-order valence-corrected chi connectivity index (χ4v) is 2.62. The molecule has 5 heteroatoms. The molecule has 0 bridgehead atoms. The second-order valence-corrected chi connectivity index (χ2v) is 4.99. The number of amides is 1. The molecule has 0 aliphatic carbocycles. The van der Waals surface area contributed by atoms with Crippen LogP contribution in [-0.2, 0) is 4.79 Å². The number of aromatic nitrogens is 1. The molecule has 5 nitrogen and oxygen atoms in total. The second kappa shape index (κ2) is 5.80. The molecule has 1 aliphatic rings. The van der Waals surface area contributed by atoms with Gasteiger partial charge < -0.3 is 9.64 Å². The zero-order valence-corrected chi connectivity index (χ0v) is 11.5. The number of hydrogen-bond acceptors (Lipinski definition) is 4. The van der Waals surface area contributed by atoms with Crippen molar-refractivity contribution in [2.24, 2.45) is 0 Å². The van der Waals surface area contributed by atoms with Crippen LogP contribution in [0.3, 0.4) is 0 Å². The number of carbonyl (C=O) groups excluding carboxylic acids is 1. The largest absolute Gasteiger partial charge is 0.483 e. The summed E-state index contributed by atoms with van der Waals surface area (Å²) in [5.74, 6) is 0.501. The first-order valence-electron chi connectivity index (χ1n) is 6.95. The summed E-state index contributed by atoms with van der Waals surface area (Å²) in [7, 11) is 0. The van der Waals surface area contributed by atoms with Crippen LogP contribution in [-0.4, -0.2) is 35.0 Å². The summed E-state index contributed by atoms with van der Waals surface area (Å²) in [6.45, 7) is 0.587. The number of pyridine rings is 1. The quantitative estimate of drug-likeness (QED) is 0.864. The van der Waals surface area contributed by atoms with E-state index >= 15 is 0 Å². The molecule has 1 aliphatic heterocycles. The Labute approximate surface area is 122 Å². The molecular weight excluding hydrogens is 266 g/mol. The van der Waals surface area contributed by atoms with Gasteiger partial charge in [0.2, 0.25) is 0 Å². The molecule has 1 saturated heterocycles. The number of hydrogen-bond donors (Lipinski definition) is 0. The summed E-state index contributed by atoms with van der Waals surface area (Å²) in [4.78, 5) is 18.0. The zero-order valence-electron chi connectivity index (χ0n) is 11.5. The Bertz CT molecular complexity index is 703. The number of rotatable bonds is 3. The Morgan fingerprint density at radius 1 is 1.43 bits per heavy atom. The Hall–Kier alpha value is -2.61. The van der Waals surface area contributed by atoms with E-state index in [0.717, 1.165) is 23.7 Å². The number of fused-ring (bicyclic) bond motifs is 1. The van der Waals surface area contributed by atoms with Crippen molar-refractivity contribution in [1.29, 1.82) is 5.26 Å². The molecule has 0 N–H and O–H groups in total. The van der Waals surface area contributed by atoms with Crippen LogP contribution in [0, 0.1) is 11.3 Å². The van der Waals surface area contributed by atoms with Crippen LogP contribution >= 0.6 is 0 Å². The van der Waals surface area contributed by atoms with Gasteiger partial charge in [0, 0.05) is 18.1 Å². The van der Waals surface area contributed by atoms with Crippen LogP contribution in [0.2, 0.25) is 0 Å². The van der Waals surface area contributed by atoms with Crippen molar-refractivity contribution >= 4 is 16.8 Å². The van der Waals surface area contributed by atoms with Crippen LogP contribution in [0.4, 0.5) is 0 Å². The van der Waals surface area contributed by atoms with Crippen LogP contribution in [0.25, 0.3) is 10.9 Å². The highest BCUT2D eigenvalue weighted by Gasteiger charge is 2.28. The summed E-state index contributed by atoms with van der Waals surface area (Å²) in [5.41, 5.74) is 0.832. The molecule has 21 heavy (non-hydrogen) atoms. The van der Waals surface area contributed by atoms with E-state index in [4.69, 9.17) is 10.00 Å². The minimum absolute atomic E-state index is 0.0494. The molecule has 1 amide bonds. The molecule has 1 fully saturated rings. The van der Waals surface area contributed by atoms with Gasteiger partial charge in [-0.05, 0) is 31.0 Å². The van der Waals surface area contributed by atoms with Crippen molar-refractivity contribution < 1.29 is 9.53 Å². The average Bonchev–Trinajstić information content (AvgIpc) is 3.01. The number of nitrogens with zero attached hydrogens (tertiary/aromatic N) is 3. The predicted molar refractivity (Wildman–Crippen MR) is 77.6 cm³/mol. The highest BCUT2D eigenvalue weighted by Crippen LogP contribution is 2.23. The maximum absolute atomic E-state index is 12.2. The lowest BCUT2D eigenvalue weighted by Gasteiger charge is -2.19. The van der Waals surface area contributed by atoms with Crippen molar-refractivity contribution in [3.05, 3.63) is 36.5 Å². The van der Waals surface area contributed by atoms with Crippen molar-refractivity contribution in [3.63, 3.8) is 0 Å². The maximum Gasteiger partial charge on any atom is 0.261 e. The maximum atomic E-state index is 12.2. The first kappa shape index (κ1) is 13.4. The molecule has 0 saturated carbocycles. The minimum atomic E-state index is -0.310. The lowest BCUT2D eigenvalue weighted by atomic mass is 10.2. The average molecular weight is 281 g/mol. The summed E-state index contributed by atoms with van der Waals surface area (Å²) in [6, 6.07) is 11.2. The van der Waals surface area contributed by atoms with E-state index in [1.165, 1.54) is 0 Å². The first-order valence-corrected chi connectivity index (χ1v) is 6.95. The van der Waals surface area contributed by atoms with Gasteiger partial charge in [-0.25, -0.2) is 0 Å². The number of para-hydroxylation sites is 1. The van der Waals surface area contributed by atoms with E-state index in [1.807, 2.05) is 24.3 Å². The first-order chi connectivity index (χ1) is 10.3. The van der Waals surface area contributed by atoms with Gasteiger partial charge in [-0.2, -0.15) is 5.26 Å². The number of carbonyl (C=O) groups is 1. The Kier molecular flexibility index (Phi) is 3.69. The zero-order chi connectivity index (χ0) is 14.7. The molecular formula is C16H15N3O2. The van der Waals surface area contributed by atoms with Gasteiger partial charge in [0.15, 0.2) is 6.61 Å². The Morgan fingerprint density at radius 2 is 2.29 bits per heavy atom. The SMILES string of the molecule is N#C[C@@H]1CCCN1C(=O)COc1ccnc2ccccc12. The second-order valence-electron chi connectivity index (χ2n) is 4.99. The van der Waals surface area contributed by atoms with Crippen LogP contribution in [0.1, 0.15) is 12.8 Å². The van der Waals surface area contributed by atoms with Crippen molar-refractivity contribution in [2.75, 3.05) is 13.2 Å². The highest BCUT2D eigenvalue weighted by molar-refractivity contribution is 5.85. The monoisotopic (exact) mass is 281 g/mol. The van der Waals surface area contributed by atoms with Gasteiger partial charge in [-0.3, -0.25) is 9.78 Å². The third-order valence-electron chi connectivity index (χ3n) is 3.68. The molecule has 1 aromatic heterocycles. The number of ether oxygens (including phenoxy) is 1. The fourth-order valence-electron chi connectivity index (χ4n) is 2.62. The van der Waals surface area contributed by atoms with Crippen molar-refractivity contribution in [3.8, 4) is 11.8 Å². The van der Waals surface area contributed by atoms with Gasteiger partial charge in [0.25, 0.3) is 5.91 Å². The molecule has 1 atom stereocenters. The molecule has 0 radical (unpaired) electrons. The summed E-state index contributed by atoms with van der Waals surface area (Å²) >= 11 is 0. The molecule has 2 heterocycles. The van der Waals surface area contributed by atoms with E-state index in [1.54, 1.807) is 17.2 Å². The lowest BCUT2D eigenvalue weighted by Crippen LogP contribution is -2.37. The normalized spacial score (nSPS) is 17.7. The van der Waals surface area contributed by atoms with E-state index < -0.39 is 0 Å². The Morgan fingerprint density at radius 3 is 3.14 bits per heavy atom. The Balaban J connectivity index is 1.72. The molecule has 106 valence electrons. The highest BCUT2D eigenvalue weighted by atomic mass is 16.5. The van der Waals surface area contributed by atoms with Crippen LogP contribution in [0.15, 0.2) is 36.5 Å². The van der Waals surface area contributed by atoms with E-state index in [2.05, 4.69) is 11.1 Å². The summed E-state index contributed by atoms with van der Waals surface area (Å²) in [6.07, 6.45) is 3.29. The molecule has 1 aromatic carbocycles. The molecule has 0 unspecified atom stereocenters. The van der Waals surface area contributed by atoms with Crippen molar-refractivity contribution in [2.45, 2.75) is 18.9 Å². The van der Waals surface area contributed by atoms with E-state index in [-0.39, 0.29) is 18.6 Å².